The van der Waals surface area contributed by atoms with E-state index in [1.807, 2.05) is 27.0 Å². The number of rotatable bonds is 5. The van der Waals surface area contributed by atoms with E-state index in [-0.39, 0.29) is 0 Å². The van der Waals surface area contributed by atoms with Crippen molar-refractivity contribution < 1.29 is 0 Å². The minimum absolute atomic E-state index is 0.563. The molecule has 20 heavy (non-hydrogen) atoms. The number of nitrogens with one attached hydrogen (secondary N) is 1. The molecule has 2 rings (SSSR count). The fraction of sp³-hybridized carbons (Fsp3) is 0.429. The van der Waals surface area contributed by atoms with Gasteiger partial charge in [0.15, 0.2) is 5.82 Å². The maximum atomic E-state index is 9.38. The number of thiazole rings is 1. The van der Waals surface area contributed by atoms with Gasteiger partial charge < -0.3 is 5.32 Å². The van der Waals surface area contributed by atoms with Crippen LogP contribution in [0.3, 0.4) is 0 Å². The third-order valence-electron chi connectivity index (χ3n) is 3.06. The van der Waals surface area contributed by atoms with E-state index in [1.165, 1.54) is 0 Å². The van der Waals surface area contributed by atoms with Crippen LogP contribution in [-0.2, 0) is 19.4 Å². The predicted octanol–water partition coefficient (Wildman–Crippen LogP) is 2.85. The van der Waals surface area contributed by atoms with Crippen molar-refractivity contribution in [1.82, 2.24) is 15.2 Å². The van der Waals surface area contributed by atoms with Gasteiger partial charge in [0.25, 0.3) is 0 Å². The van der Waals surface area contributed by atoms with Crippen molar-refractivity contribution in [2.24, 2.45) is 0 Å². The highest BCUT2D eigenvalue weighted by atomic mass is 32.1. The first kappa shape index (κ1) is 14.4. The van der Waals surface area contributed by atoms with E-state index in [4.69, 9.17) is 0 Å². The second-order valence-corrected chi connectivity index (χ2v) is 5.69. The molecule has 0 spiro atoms. The van der Waals surface area contributed by atoms with Crippen LogP contribution in [0, 0.1) is 18.3 Å². The summed E-state index contributed by atoms with van der Waals surface area (Å²) in [6, 6.07) is 2.25. The van der Waals surface area contributed by atoms with Crippen LogP contribution in [0.4, 0.5) is 5.82 Å². The van der Waals surface area contributed by atoms with Crippen LogP contribution in [0.25, 0.3) is 0 Å². The summed E-state index contributed by atoms with van der Waals surface area (Å²) in [7, 11) is 0. The molecule has 0 amide bonds. The molecule has 0 radical (unpaired) electrons. The number of aromatic nitrogens is 3. The van der Waals surface area contributed by atoms with Gasteiger partial charge in [0.1, 0.15) is 11.6 Å². The number of anilines is 1. The lowest BCUT2D eigenvalue weighted by Gasteiger charge is -2.11. The van der Waals surface area contributed by atoms with E-state index in [0.29, 0.717) is 17.9 Å². The summed E-state index contributed by atoms with van der Waals surface area (Å²) in [5.41, 5.74) is 2.51. The Balaban J connectivity index is 2.25. The molecule has 0 aliphatic heterocycles. The minimum Gasteiger partial charge on any atom is -0.363 e. The zero-order valence-corrected chi connectivity index (χ0v) is 12.7. The highest BCUT2D eigenvalue weighted by Gasteiger charge is 2.14. The van der Waals surface area contributed by atoms with Gasteiger partial charge in [-0.05, 0) is 25.3 Å². The summed E-state index contributed by atoms with van der Waals surface area (Å²) in [6.07, 6.45) is 3.42. The molecule has 0 atom stereocenters. The molecule has 5 nitrogen and oxygen atoms in total. The molecule has 0 saturated heterocycles. The molecular weight excluding hydrogens is 270 g/mol. The summed E-state index contributed by atoms with van der Waals surface area (Å²) in [4.78, 5) is 5.33. The lowest BCUT2D eigenvalue weighted by atomic mass is 10.0. The quantitative estimate of drug-likeness (QED) is 0.915. The molecule has 0 aliphatic carbocycles. The van der Waals surface area contributed by atoms with Gasteiger partial charge >= 0.3 is 0 Å². The first-order valence-corrected chi connectivity index (χ1v) is 7.44. The standard InChI is InChI=1S/C14H17N5S/c1-4-11-12(6-15)14(19-18-13(11)5-2)17-8-10-7-16-9(3)20-10/h7H,4-5,8H2,1-3H3,(H,17,19). The normalized spacial score (nSPS) is 10.3. The van der Waals surface area contributed by atoms with Crippen LogP contribution < -0.4 is 5.32 Å². The molecule has 0 aromatic carbocycles. The van der Waals surface area contributed by atoms with Gasteiger partial charge in [-0.25, -0.2) is 4.98 Å². The fourth-order valence-electron chi connectivity index (χ4n) is 2.07. The van der Waals surface area contributed by atoms with Gasteiger partial charge in [-0.2, -0.15) is 10.4 Å². The Morgan fingerprint density at radius 3 is 2.65 bits per heavy atom. The largest absolute Gasteiger partial charge is 0.363 e. The van der Waals surface area contributed by atoms with Crippen LogP contribution in [0.2, 0.25) is 0 Å². The van der Waals surface area contributed by atoms with Crippen LogP contribution in [0.5, 0.6) is 0 Å². The zero-order valence-electron chi connectivity index (χ0n) is 11.9. The molecule has 2 aromatic heterocycles. The molecule has 6 heteroatoms. The third-order valence-corrected chi connectivity index (χ3v) is 3.97. The van der Waals surface area contributed by atoms with Gasteiger partial charge in [-0.1, -0.05) is 13.8 Å². The summed E-state index contributed by atoms with van der Waals surface area (Å²) in [5.74, 6) is 0.563. The first-order chi connectivity index (χ1) is 9.69. The topological polar surface area (TPSA) is 74.5 Å². The molecule has 0 saturated carbocycles. The van der Waals surface area contributed by atoms with Crippen molar-refractivity contribution in [1.29, 1.82) is 5.26 Å². The van der Waals surface area contributed by atoms with Crippen molar-refractivity contribution in [2.45, 2.75) is 40.2 Å². The van der Waals surface area contributed by atoms with Gasteiger partial charge in [0, 0.05) is 11.1 Å². The number of aryl methyl sites for hydroxylation is 2. The SMILES string of the molecule is CCc1nnc(NCc2cnc(C)s2)c(C#N)c1CC. The Morgan fingerprint density at radius 1 is 1.30 bits per heavy atom. The van der Waals surface area contributed by atoms with Gasteiger partial charge in [0.05, 0.1) is 17.2 Å². The van der Waals surface area contributed by atoms with Crippen molar-refractivity contribution >= 4 is 17.2 Å². The predicted molar refractivity (Wildman–Crippen MR) is 79.7 cm³/mol. The molecule has 104 valence electrons. The van der Waals surface area contributed by atoms with E-state index >= 15 is 0 Å². The summed E-state index contributed by atoms with van der Waals surface area (Å²) in [5, 5.41) is 22.0. The molecule has 2 heterocycles. The van der Waals surface area contributed by atoms with Gasteiger partial charge in [0.2, 0.25) is 0 Å². The van der Waals surface area contributed by atoms with Crippen molar-refractivity contribution in [3.05, 3.63) is 32.9 Å². The van der Waals surface area contributed by atoms with Crippen LogP contribution in [-0.4, -0.2) is 15.2 Å². The average Bonchev–Trinajstić information content (AvgIpc) is 2.89. The maximum absolute atomic E-state index is 9.38. The Labute approximate surface area is 122 Å². The van der Waals surface area contributed by atoms with Gasteiger partial charge in [-0.15, -0.1) is 16.4 Å². The number of nitrogens with zero attached hydrogens (tertiary/aromatic N) is 4. The summed E-state index contributed by atoms with van der Waals surface area (Å²) < 4.78 is 0. The van der Waals surface area contributed by atoms with Crippen LogP contribution >= 0.6 is 11.3 Å². The molecule has 2 aromatic rings. The number of nitriles is 1. The Hall–Kier alpha value is -2.00. The van der Waals surface area contributed by atoms with Crippen LogP contribution in [0.15, 0.2) is 6.20 Å². The lowest BCUT2D eigenvalue weighted by Crippen LogP contribution is -2.09. The fourth-order valence-corrected chi connectivity index (χ4v) is 2.81. The minimum atomic E-state index is 0.563. The number of hydrogen-bond acceptors (Lipinski definition) is 6. The van der Waals surface area contributed by atoms with E-state index in [0.717, 1.165) is 34.0 Å². The molecule has 0 unspecified atom stereocenters. The van der Waals surface area contributed by atoms with E-state index in [9.17, 15) is 5.26 Å². The third kappa shape index (κ3) is 2.94. The Kier molecular flexibility index (Phi) is 4.64. The monoisotopic (exact) mass is 287 g/mol. The maximum Gasteiger partial charge on any atom is 0.167 e. The second-order valence-electron chi connectivity index (χ2n) is 4.37. The molecule has 0 aliphatic rings. The van der Waals surface area contributed by atoms with E-state index < -0.39 is 0 Å². The Bertz CT molecular complexity index is 641. The highest BCUT2D eigenvalue weighted by Crippen LogP contribution is 2.21. The lowest BCUT2D eigenvalue weighted by molar-refractivity contribution is 0.870. The van der Waals surface area contributed by atoms with E-state index in [1.54, 1.807) is 11.3 Å². The van der Waals surface area contributed by atoms with E-state index in [2.05, 4.69) is 26.6 Å². The second kappa shape index (κ2) is 6.44. The smallest absolute Gasteiger partial charge is 0.167 e. The number of hydrogen-bond donors (Lipinski definition) is 1. The first-order valence-electron chi connectivity index (χ1n) is 6.63. The summed E-state index contributed by atoms with van der Waals surface area (Å²) >= 11 is 1.63. The molecule has 1 N–H and O–H groups in total. The molecule has 0 bridgehead atoms. The van der Waals surface area contributed by atoms with Gasteiger partial charge in [-0.3, -0.25) is 0 Å². The van der Waals surface area contributed by atoms with Crippen molar-refractivity contribution in [2.75, 3.05) is 5.32 Å². The van der Waals surface area contributed by atoms with Crippen molar-refractivity contribution in [3.63, 3.8) is 0 Å². The highest BCUT2D eigenvalue weighted by molar-refractivity contribution is 7.11. The summed E-state index contributed by atoms with van der Waals surface area (Å²) in [6.45, 7) is 6.65. The average molecular weight is 287 g/mol. The molecule has 0 fully saturated rings. The molecular formula is C14H17N5S. The zero-order chi connectivity index (χ0) is 14.5. The van der Waals surface area contributed by atoms with Crippen LogP contribution in [0.1, 0.15) is 40.6 Å². The van der Waals surface area contributed by atoms with Crippen molar-refractivity contribution in [3.8, 4) is 6.07 Å². The Morgan fingerprint density at radius 2 is 2.10 bits per heavy atom.